The fraction of sp³-hybridized carbons (Fsp3) is 0.478. The van der Waals surface area contributed by atoms with E-state index < -0.39 is 0 Å². The number of rotatable bonds is 6. The normalized spacial score (nSPS) is 22.4. The summed E-state index contributed by atoms with van der Waals surface area (Å²) in [5.41, 5.74) is 0.998. The second kappa shape index (κ2) is 8.58. The number of piperidine rings is 1. The van der Waals surface area contributed by atoms with Crippen LogP contribution in [0, 0.1) is 18.8 Å². The van der Waals surface area contributed by atoms with Crippen molar-refractivity contribution in [1.82, 2.24) is 24.7 Å². The highest BCUT2D eigenvalue weighted by Gasteiger charge is 2.43. The maximum atomic E-state index is 6.10. The Morgan fingerprint density at radius 2 is 1.91 bits per heavy atom. The molecule has 1 aliphatic heterocycles. The molecule has 168 valence electrons. The summed E-state index contributed by atoms with van der Waals surface area (Å²) in [6, 6.07) is 10.3. The lowest BCUT2D eigenvalue weighted by molar-refractivity contribution is 0.373. The lowest BCUT2D eigenvalue weighted by atomic mass is 9.92. The fourth-order valence-electron chi connectivity index (χ4n) is 4.82. The Bertz CT molecular complexity index is 1090. The van der Waals surface area contributed by atoms with Gasteiger partial charge in [0.05, 0.1) is 6.04 Å². The van der Waals surface area contributed by atoms with Gasteiger partial charge in [0.15, 0.2) is 0 Å². The van der Waals surface area contributed by atoms with E-state index in [1.807, 2.05) is 29.8 Å². The van der Waals surface area contributed by atoms with Crippen LogP contribution in [0.4, 0.5) is 11.8 Å². The molecule has 2 fully saturated rings. The van der Waals surface area contributed by atoms with Gasteiger partial charge in [-0.05, 0) is 63.6 Å². The third-order valence-corrected chi connectivity index (χ3v) is 6.57. The molecule has 0 spiro atoms. The maximum Gasteiger partial charge on any atom is 0.322 e. The number of benzene rings is 1. The zero-order valence-corrected chi connectivity index (χ0v) is 19.3. The molecule has 1 aliphatic carbocycles. The summed E-state index contributed by atoms with van der Waals surface area (Å²) in [4.78, 5) is 15.8. The predicted octanol–water partition coefficient (Wildman–Crippen LogP) is 4.73. The summed E-state index contributed by atoms with van der Waals surface area (Å²) in [5.74, 6) is 3.32. The Balaban J connectivity index is 1.32. The first kappa shape index (κ1) is 21.0. The van der Waals surface area contributed by atoms with Crippen LogP contribution in [0.3, 0.4) is 0 Å². The van der Waals surface area contributed by atoms with E-state index in [4.69, 9.17) is 21.4 Å². The predicted molar refractivity (Wildman–Crippen MR) is 125 cm³/mol. The summed E-state index contributed by atoms with van der Waals surface area (Å²) in [6.07, 6.45) is 4.04. The lowest BCUT2D eigenvalue weighted by Gasteiger charge is -2.38. The Labute approximate surface area is 193 Å². The molecule has 1 unspecified atom stereocenters. The third-order valence-electron chi connectivity index (χ3n) is 6.34. The summed E-state index contributed by atoms with van der Waals surface area (Å²) < 4.78 is 7.83. The molecule has 8 nitrogen and oxygen atoms in total. The van der Waals surface area contributed by atoms with Gasteiger partial charge in [-0.15, -0.1) is 5.10 Å². The number of fused-ring (bicyclic) bond motifs is 2. The summed E-state index contributed by atoms with van der Waals surface area (Å²) in [5, 5.41) is 8.96. The van der Waals surface area contributed by atoms with Crippen LogP contribution >= 0.6 is 11.6 Å². The Hall–Kier alpha value is -2.87. The second-order valence-corrected chi connectivity index (χ2v) is 9.44. The first-order valence-electron chi connectivity index (χ1n) is 11.2. The van der Waals surface area contributed by atoms with E-state index in [1.54, 1.807) is 12.4 Å². The van der Waals surface area contributed by atoms with Gasteiger partial charge < -0.3 is 15.0 Å². The van der Waals surface area contributed by atoms with Crippen molar-refractivity contribution in [2.75, 3.05) is 23.3 Å². The number of aryl methyl sites for hydroxylation is 1. The number of halogens is 1. The summed E-state index contributed by atoms with van der Waals surface area (Å²) in [6.45, 7) is 8.08. The number of hydrogen-bond acceptors (Lipinski definition) is 7. The first-order chi connectivity index (χ1) is 15.5. The molecule has 1 aromatic carbocycles. The van der Waals surface area contributed by atoms with E-state index in [1.165, 1.54) is 12.8 Å². The van der Waals surface area contributed by atoms with E-state index in [2.05, 4.69) is 45.1 Å². The van der Waals surface area contributed by atoms with Crippen LogP contribution < -0.4 is 15.0 Å². The van der Waals surface area contributed by atoms with Crippen molar-refractivity contribution < 1.29 is 4.74 Å². The fourth-order valence-corrected chi connectivity index (χ4v) is 5.00. The zero-order chi connectivity index (χ0) is 22.2. The molecule has 3 heterocycles. The average molecular weight is 454 g/mol. The number of nitrogens with one attached hydrogen (secondary N) is 1. The van der Waals surface area contributed by atoms with Crippen LogP contribution in [0.25, 0.3) is 0 Å². The Kier molecular flexibility index (Phi) is 5.63. The molecule has 5 rings (SSSR count). The van der Waals surface area contributed by atoms with Gasteiger partial charge in [0, 0.05) is 35.9 Å². The molecule has 2 aliphatic rings. The number of ether oxygens (including phenoxy) is 1. The number of aromatic nitrogens is 5. The Morgan fingerprint density at radius 1 is 1.12 bits per heavy atom. The highest BCUT2D eigenvalue weighted by Crippen LogP contribution is 2.40. The topological polar surface area (TPSA) is 81.0 Å². The van der Waals surface area contributed by atoms with Crippen molar-refractivity contribution in [3.05, 3.63) is 47.4 Å². The van der Waals surface area contributed by atoms with Gasteiger partial charge >= 0.3 is 6.01 Å². The molecule has 3 aromatic rings. The number of anilines is 2. The zero-order valence-electron chi connectivity index (χ0n) is 18.6. The highest BCUT2D eigenvalue weighted by atomic mass is 35.5. The van der Waals surface area contributed by atoms with Crippen molar-refractivity contribution >= 4 is 23.4 Å². The molecule has 1 N–H and O–H groups in total. The van der Waals surface area contributed by atoms with E-state index in [-0.39, 0.29) is 6.04 Å². The monoisotopic (exact) mass is 453 g/mol. The van der Waals surface area contributed by atoms with Gasteiger partial charge in [-0.2, -0.15) is 4.98 Å². The third kappa shape index (κ3) is 4.24. The summed E-state index contributed by atoms with van der Waals surface area (Å²) in [7, 11) is 0. The molecule has 2 aromatic heterocycles. The molecule has 3 atom stereocenters. The molecular weight excluding hydrogens is 426 g/mol. The van der Waals surface area contributed by atoms with Crippen LogP contribution in [-0.4, -0.2) is 43.9 Å². The van der Waals surface area contributed by atoms with Crippen LogP contribution in [0.1, 0.15) is 38.4 Å². The average Bonchev–Trinajstić information content (AvgIpc) is 3.24. The maximum absolute atomic E-state index is 6.10. The van der Waals surface area contributed by atoms with E-state index >= 15 is 0 Å². The number of nitrogens with zero attached hydrogens (tertiary/aromatic N) is 6. The summed E-state index contributed by atoms with van der Waals surface area (Å²) >= 11 is 6.10. The van der Waals surface area contributed by atoms with Crippen molar-refractivity contribution in [2.45, 2.75) is 45.7 Å². The molecule has 1 saturated heterocycles. The molecule has 32 heavy (non-hydrogen) atoms. The molecule has 9 heteroatoms. The Morgan fingerprint density at radius 3 is 2.59 bits per heavy atom. The van der Waals surface area contributed by atoms with Crippen molar-refractivity contribution in [2.24, 2.45) is 11.8 Å². The molecule has 0 radical (unpaired) electrons. The van der Waals surface area contributed by atoms with Crippen molar-refractivity contribution in [3.8, 4) is 11.8 Å². The largest absolute Gasteiger partial charge is 0.424 e. The van der Waals surface area contributed by atoms with Crippen molar-refractivity contribution in [3.63, 3.8) is 0 Å². The smallest absolute Gasteiger partial charge is 0.322 e. The minimum atomic E-state index is 0.117. The van der Waals surface area contributed by atoms with Crippen molar-refractivity contribution in [1.29, 1.82) is 0 Å². The van der Waals surface area contributed by atoms with Crippen LogP contribution in [0.2, 0.25) is 5.02 Å². The van der Waals surface area contributed by atoms with Crippen LogP contribution in [0.5, 0.6) is 11.8 Å². The molecular formula is C23H28ClN7O. The van der Waals surface area contributed by atoms with Gasteiger partial charge in [-0.25, -0.2) is 14.6 Å². The lowest BCUT2D eigenvalue weighted by Crippen LogP contribution is -2.48. The van der Waals surface area contributed by atoms with E-state index in [0.717, 1.165) is 24.6 Å². The molecule has 1 saturated carbocycles. The van der Waals surface area contributed by atoms with Gasteiger partial charge in [0.25, 0.3) is 0 Å². The van der Waals surface area contributed by atoms with E-state index in [9.17, 15) is 0 Å². The molecule has 0 amide bonds. The number of hydrogen-bond donors (Lipinski definition) is 1. The SMILES string of the molecule is Cc1cc(N2C[C@H]3CC[C@@H](C2)C3Nc2nc(Oc3cccc(Cl)c3)n(C(C)C)n2)ncn1. The minimum Gasteiger partial charge on any atom is -0.424 e. The van der Waals surface area contributed by atoms with Gasteiger partial charge in [-0.1, -0.05) is 17.7 Å². The second-order valence-electron chi connectivity index (χ2n) is 9.01. The molecule has 2 bridgehead atoms. The minimum absolute atomic E-state index is 0.117. The highest BCUT2D eigenvalue weighted by molar-refractivity contribution is 6.30. The van der Waals surface area contributed by atoms with Gasteiger partial charge in [0.2, 0.25) is 5.95 Å². The first-order valence-corrected chi connectivity index (χ1v) is 11.5. The quantitative estimate of drug-likeness (QED) is 0.577. The standard InChI is InChI=1S/C23H28ClN7O/c1-14(2)31-23(32-19-6-4-5-18(24)10-19)28-22(29-31)27-21-16-7-8-17(21)12-30(11-16)20-9-15(3)25-13-26-20/h4-6,9-10,13-14,16-17,21H,7-8,11-12H2,1-3H3,(H,27,29)/t16-,17+,21?. The van der Waals surface area contributed by atoms with Gasteiger partial charge in [-0.3, -0.25) is 0 Å². The van der Waals surface area contributed by atoms with Crippen LogP contribution in [-0.2, 0) is 0 Å². The van der Waals surface area contributed by atoms with E-state index in [0.29, 0.717) is 40.6 Å². The van der Waals surface area contributed by atoms with Gasteiger partial charge in [0.1, 0.15) is 17.9 Å². The van der Waals surface area contributed by atoms with Crippen LogP contribution in [0.15, 0.2) is 36.7 Å².